The van der Waals surface area contributed by atoms with Crippen LogP contribution in [-0.2, 0) is 4.74 Å². The Morgan fingerprint density at radius 3 is 3.06 bits per heavy atom. The van der Waals surface area contributed by atoms with Crippen molar-refractivity contribution in [1.29, 1.82) is 0 Å². The Morgan fingerprint density at radius 2 is 2.38 bits per heavy atom. The zero-order valence-electron chi connectivity index (χ0n) is 10.2. The molecule has 2 aliphatic rings. The van der Waals surface area contributed by atoms with Crippen LogP contribution in [0.2, 0.25) is 0 Å². The molecule has 3 atom stereocenters. The van der Waals surface area contributed by atoms with Crippen molar-refractivity contribution in [3.63, 3.8) is 0 Å². The number of nitrogens with one attached hydrogen (secondary N) is 1. The molecule has 2 saturated heterocycles. The second-order valence-electron chi connectivity index (χ2n) is 4.83. The van der Waals surface area contributed by atoms with Crippen LogP contribution in [0.5, 0.6) is 0 Å². The molecule has 0 aromatic heterocycles. The molecule has 2 aliphatic heterocycles. The van der Waals surface area contributed by atoms with Gasteiger partial charge in [0, 0.05) is 24.9 Å². The van der Waals surface area contributed by atoms with E-state index in [9.17, 15) is 0 Å². The van der Waals surface area contributed by atoms with Crippen molar-refractivity contribution in [3.8, 4) is 0 Å². The summed E-state index contributed by atoms with van der Waals surface area (Å²) in [5.74, 6) is 1.93. The summed E-state index contributed by atoms with van der Waals surface area (Å²) >= 11 is 1.86. The maximum absolute atomic E-state index is 5.58. The maximum atomic E-state index is 5.58. The van der Waals surface area contributed by atoms with Gasteiger partial charge in [-0.15, -0.1) is 0 Å². The lowest BCUT2D eigenvalue weighted by Crippen LogP contribution is -2.41. The zero-order chi connectivity index (χ0) is 11.4. The number of hydrogen-bond donors (Lipinski definition) is 1. The van der Waals surface area contributed by atoms with Gasteiger partial charge in [-0.3, -0.25) is 4.99 Å². The quantitative estimate of drug-likeness (QED) is 0.824. The van der Waals surface area contributed by atoms with Gasteiger partial charge in [0.25, 0.3) is 0 Å². The molecule has 2 rings (SSSR count). The van der Waals surface area contributed by atoms with Gasteiger partial charge in [0.15, 0.2) is 5.17 Å². The summed E-state index contributed by atoms with van der Waals surface area (Å²) in [5, 5.41) is 4.59. The molecule has 16 heavy (non-hydrogen) atoms. The molecule has 3 nitrogen and oxygen atoms in total. The summed E-state index contributed by atoms with van der Waals surface area (Å²) in [5.41, 5.74) is 0. The van der Waals surface area contributed by atoms with Crippen molar-refractivity contribution in [3.05, 3.63) is 0 Å². The van der Waals surface area contributed by atoms with E-state index in [1.54, 1.807) is 0 Å². The molecule has 3 unspecified atom stereocenters. The maximum Gasteiger partial charge on any atom is 0.156 e. The monoisotopic (exact) mass is 242 g/mol. The van der Waals surface area contributed by atoms with E-state index in [-0.39, 0.29) is 0 Å². The van der Waals surface area contributed by atoms with E-state index in [4.69, 9.17) is 4.74 Å². The number of nitrogens with zero attached hydrogens (tertiary/aromatic N) is 1. The number of hydrogen-bond acceptors (Lipinski definition) is 3. The van der Waals surface area contributed by atoms with Crippen LogP contribution in [-0.4, -0.2) is 36.2 Å². The van der Waals surface area contributed by atoms with E-state index >= 15 is 0 Å². The summed E-state index contributed by atoms with van der Waals surface area (Å²) < 4.78 is 5.58. The number of thioether (sulfide) groups is 1. The van der Waals surface area contributed by atoms with E-state index in [2.05, 4.69) is 24.2 Å². The Kier molecular flexibility index (Phi) is 4.53. The minimum Gasteiger partial charge on any atom is -0.378 e. The van der Waals surface area contributed by atoms with Crippen LogP contribution in [0.1, 0.15) is 33.1 Å². The smallest absolute Gasteiger partial charge is 0.156 e. The lowest BCUT2D eigenvalue weighted by atomic mass is 10.1. The highest BCUT2D eigenvalue weighted by Crippen LogP contribution is 2.20. The average Bonchev–Trinajstić information content (AvgIpc) is 2.76. The normalized spacial score (nSPS) is 37.6. The Hall–Kier alpha value is -0.220. The molecule has 0 saturated carbocycles. The van der Waals surface area contributed by atoms with Gasteiger partial charge >= 0.3 is 0 Å². The fourth-order valence-electron chi connectivity index (χ4n) is 2.01. The lowest BCUT2D eigenvalue weighted by Gasteiger charge is -2.28. The Morgan fingerprint density at radius 1 is 1.50 bits per heavy atom. The standard InChI is InChI=1S/C12H22N2OS/c1-9-8-16-12(14-10(9)2)13-6-5-11-4-3-7-15-11/h9-11H,3-8H2,1-2H3,(H,13,14). The van der Waals surface area contributed by atoms with Gasteiger partial charge in [-0.05, 0) is 32.1 Å². The predicted octanol–water partition coefficient (Wildman–Crippen LogP) is 2.27. The topological polar surface area (TPSA) is 33.6 Å². The summed E-state index contributed by atoms with van der Waals surface area (Å²) in [6, 6.07) is 0.558. The Balaban J connectivity index is 1.70. The molecule has 1 N–H and O–H groups in total. The fraction of sp³-hybridized carbons (Fsp3) is 0.917. The van der Waals surface area contributed by atoms with Crippen LogP contribution in [0.4, 0.5) is 0 Å². The van der Waals surface area contributed by atoms with Crippen LogP contribution in [0, 0.1) is 5.92 Å². The van der Waals surface area contributed by atoms with Gasteiger partial charge < -0.3 is 10.1 Å². The molecular weight excluding hydrogens is 220 g/mol. The number of ether oxygens (including phenoxy) is 1. The molecule has 2 fully saturated rings. The molecule has 4 heteroatoms. The summed E-state index contributed by atoms with van der Waals surface area (Å²) in [6.45, 7) is 6.37. The molecule has 0 bridgehead atoms. The molecule has 0 aromatic carbocycles. The van der Waals surface area contributed by atoms with Crippen molar-refractivity contribution in [2.45, 2.75) is 45.3 Å². The van der Waals surface area contributed by atoms with E-state index in [0.717, 1.165) is 30.7 Å². The largest absolute Gasteiger partial charge is 0.378 e. The molecule has 2 heterocycles. The van der Waals surface area contributed by atoms with Crippen LogP contribution >= 0.6 is 11.8 Å². The lowest BCUT2D eigenvalue weighted by molar-refractivity contribution is 0.106. The van der Waals surface area contributed by atoms with Crippen molar-refractivity contribution >= 4 is 16.9 Å². The SMILES string of the molecule is CC1CSC(=NCCC2CCCO2)NC1C. The van der Waals surface area contributed by atoms with Crippen LogP contribution in [0.3, 0.4) is 0 Å². The fourth-order valence-corrected chi connectivity index (χ4v) is 3.17. The first-order chi connectivity index (χ1) is 7.75. The molecule has 92 valence electrons. The van der Waals surface area contributed by atoms with Crippen LogP contribution in [0.15, 0.2) is 4.99 Å². The van der Waals surface area contributed by atoms with E-state index in [0.29, 0.717) is 12.1 Å². The van der Waals surface area contributed by atoms with Crippen molar-refractivity contribution in [2.75, 3.05) is 18.9 Å². The van der Waals surface area contributed by atoms with Crippen molar-refractivity contribution in [1.82, 2.24) is 5.32 Å². The number of amidine groups is 1. The second kappa shape index (κ2) is 5.92. The summed E-state index contributed by atoms with van der Waals surface area (Å²) in [6.07, 6.45) is 3.99. The van der Waals surface area contributed by atoms with Gasteiger partial charge in [0.1, 0.15) is 0 Å². The Labute approximate surface area is 102 Å². The molecule has 0 spiro atoms. The van der Waals surface area contributed by atoms with Crippen LogP contribution < -0.4 is 5.32 Å². The van der Waals surface area contributed by atoms with Crippen molar-refractivity contribution in [2.24, 2.45) is 10.9 Å². The molecule has 0 aliphatic carbocycles. The molecule has 0 radical (unpaired) electrons. The third kappa shape index (κ3) is 3.39. The van der Waals surface area contributed by atoms with Gasteiger partial charge in [-0.1, -0.05) is 18.7 Å². The average molecular weight is 242 g/mol. The third-order valence-electron chi connectivity index (χ3n) is 3.42. The van der Waals surface area contributed by atoms with Crippen molar-refractivity contribution < 1.29 is 4.74 Å². The first kappa shape index (κ1) is 12.2. The van der Waals surface area contributed by atoms with E-state index in [1.165, 1.54) is 18.6 Å². The highest BCUT2D eigenvalue weighted by Gasteiger charge is 2.20. The number of aliphatic imine (C=N–C) groups is 1. The second-order valence-corrected chi connectivity index (χ2v) is 5.84. The molecule has 0 amide bonds. The zero-order valence-corrected chi connectivity index (χ0v) is 11.1. The molecule has 0 aromatic rings. The summed E-state index contributed by atoms with van der Waals surface area (Å²) in [4.78, 5) is 4.62. The van der Waals surface area contributed by atoms with Gasteiger partial charge in [-0.25, -0.2) is 0 Å². The number of rotatable bonds is 3. The first-order valence-electron chi connectivity index (χ1n) is 6.31. The van der Waals surface area contributed by atoms with Gasteiger partial charge in [0.2, 0.25) is 0 Å². The van der Waals surface area contributed by atoms with E-state index < -0.39 is 0 Å². The summed E-state index contributed by atoms with van der Waals surface area (Å²) in [7, 11) is 0. The minimum absolute atomic E-state index is 0.467. The first-order valence-corrected chi connectivity index (χ1v) is 7.29. The van der Waals surface area contributed by atoms with Crippen LogP contribution in [0.25, 0.3) is 0 Å². The minimum atomic E-state index is 0.467. The van der Waals surface area contributed by atoms with Gasteiger partial charge in [0.05, 0.1) is 6.10 Å². The molecular formula is C12H22N2OS. The Bertz CT molecular complexity index is 251. The van der Waals surface area contributed by atoms with Gasteiger partial charge in [-0.2, -0.15) is 0 Å². The highest BCUT2D eigenvalue weighted by molar-refractivity contribution is 8.13. The highest BCUT2D eigenvalue weighted by atomic mass is 32.2. The predicted molar refractivity (Wildman–Crippen MR) is 70.1 cm³/mol. The van der Waals surface area contributed by atoms with E-state index in [1.807, 2.05) is 11.8 Å². The third-order valence-corrected chi connectivity index (χ3v) is 4.63.